The van der Waals surface area contributed by atoms with Crippen molar-refractivity contribution in [3.8, 4) is 23.1 Å². The van der Waals surface area contributed by atoms with Gasteiger partial charge in [-0.25, -0.2) is 0 Å². The Labute approximate surface area is 101 Å². The van der Waals surface area contributed by atoms with Gasteiger partial charge in [0.1, 0.15) is 5.75 Å². The van der Waals surface area contributed by atoms with Crippen LogP contribution in [0.3, 0.4) is 0 Å². The Bertz CT molecular complexity index is 538. The van der Waals surface area contributed by atoms with Gasteiger partial charge in [0.2, 0.25) is 0 Å². The Morgan fingerprint density at radius 2 is 1.76 bits per heavy atom. The minimum atomic E-state index is 0.574. The lowest BCUT2D eigenvalue weighted by atomic mass is 9.98. The molecular weight excluding hydrogens is 210 g/mol. The van der Waals surface area contributed by atoms with Gasteiger partial charge in [0.25, 0.3) is 6.26 Å². The van der Waals surface area contributed by atoms with E-state index in [2.05, 4.69) is 25.1 Å². The fourth-order valence-corrected chi connectivity index (χ4v) is 1.87. The molecule has 84 valence electrons. The molecule has 0 saturated carbocycles. The number of benzene rings is 2. The van der Waals surface area contributed by atoms with Crippen LogP contribution in [0.15, 0.2) is 48.5 Å². The lowest BCUT2D eigenvalue weighted by Gasteiger charge is -2.07. The van der Waals surface area contributed by atoms with Crippen LogP contribution in [0.5, 0.6) is 5.75 Å². The molecule has 0 amide bonds. The standard InChI is InChI=1S/C15H13NO/c1-2-12-5-3-4-6-15(12)13-7-9-14(10-8-13)17-11-16/h3-10H,2H2,1H3. The van der Waals surface area contributed by atoms with Gasteiger partial charge < -0.3 is 4.74 Å². The number of aryl methyl sites for hydroxylation is 1. The van der Waals surface area contributed by atoms with Crippen LogP contribution >= 0.6 is 0 Å². The van der Waals surface area contributed by atoms with Crippen molar-refractivity contribution < 1.29 is 4.74 Å². The van der Waals surface area contributed by atoms with Crippen LogP contribution in [0.4, 0.5) is 0 Å². The number of ether oxygens (including phenoxy) is 1. The zero-order valence-corrected chi connectivity index (χ0v) is 9.68. The normalized spacial score (nSPS) is 9.65. The van der Waals surface area contributed by atoms with Gasteiger partial charge in [-0.05, 0) is 35.2 Å². The van der Waals surface area contributed by atoms with Crippen molar-refractivity contribution in [1.82, 2.24) is 0 Å². The van der Waals surface area contributed by atoms with Gasteiger partial charge in [0, 0.05) is 0 Å². The largest absolute Gasteiger partial charge is 0.388 e. The van der Waals surface area contributed by atoms with E-state index in [9.17, 15) is 0 Å². The SMILES string of the molecule is CCc1ccccc1-c1ccc(OC#N)cc1. The van der Waals surface area contributed by atoms with Crippen molar-refractivity contribution in [2.45, 2.75) is 13.3 Å². The fourth-order valence-electron chi connectivity index (χ4n) is 1.87. The van der Waals surface area contributed by atoms with E-state index in [1.54, 1.807) is 6.26 Å². The second-order valence-corrected chi connectivity index (χ2v) is 3.73. The maximum atomic E-state index is 8.42. The predicted molar refractivity (Wildman–Crippen MR) is 67.5 cm³/mol. The summed E-state index contributed by atoms with van der Waals surface area (Å²) in [4.78, 5) is 0. The van der Waals surface area contributed by atoms with Crippen LogP contribution in [0.1, 0.15) is 12.5 Å². The summed E-state index contributed by atoms with van der Waals surface area (Å²) in [5.74, 6) is 0.574. The topological polar surface area (TPSA) is 33.0 Å². The molecular formula is C15H13NO. The first kappa shape index (κ1) is 11.2. The number of rotatable bonds is 3. The molecule has 0 bridgehead atoms. The highest BCUT2D eigenvalue weighted by molar-refractivity contribution is 5.67. The van der Waals surface area contributed by atoms with Crippen LogP contribution in [0, 0.1) is 11.5 Å². The molecule has 0 spiro atoms. The number of hydrogen-bond acceptors (Lipinski definition) is 2. The Balaban J connectivity index is 2.37. The second-order valence-electron chi connectivity index (χ2n) is 3.73. The van der Waals surface area contributed by atoms with Crippen LogP contribution in [-0.4, -0.2) is 0 Å². The lowest BCUT2D eigenvalue weighted by molar-refractivity contribution is 0.507. The molecule has 0 heterocycles. The summed E-state index contributed by atoms with van der Waals surface area (Å²) >= 11 is 0. The lowest BCUT2D eigenvalue weighted by Crippen LogP contribution is -1.87. The first-order valence-electron chi connectivity index (χ1n) is 5.59. The van der Waals surface area contributed by atoms with E-state index < -0.39 is 0 Å². The number of nitrogens with zero attached hydrogens (tertiary/aromatic N) is 1. The fraction of sp³-hybridized carbons (Fsp3) is 0.133. The maximum absolute atomic E-state index is 8.42. The van der Waals surface area contributed by atoms with Crippen molar-refractivity contribution in [3.63, 3.8) is 0 Å². The van der Waals surface area contributed by atoms with Crippen molar-refractivity contribution in [1.29, 1.82) is 5.26 Å². The molecule has 0 fully saturated rings. The summed E-state index contributed by atoms with van der Waals surface area (Å²) in [6, 6.07) is 15.9. The quantitative estimate of drug-likeness (QED) is 0.742. The monoisotopic (exact) mass is 223 g/mol. The summed E-state index contributed by atoms with van der Waals surface area (Å²) in [6.45, 7) is 2.14. The summed E-state index contributed by atoms with van der Waals surface area (Å²) in [7, 11) is 0. The molecule has 17 heavy (non-hydrogen) atoms. The van der Waals surface area contributed by atoms with E-state index in [1.165, 1.54) is 11.1 Å². The van der Waals surface area contributed by atoms with Gasteiger partial charge in [-0.3, -0.25) is 0 Å². The van der Waals surface area contributed by atoms with Crippen molar-refractivity contribution in [2.75, 3.05) is 0 Å². The predicted octanol–water partition coefficient (Wildman–Crippen LogP) is 3.78. The van der Waals surface area contributed by atoms with Gasteiger partial charge >= 0.3 is 0 Å². The summed E-state index contributed by atoms with van der Waals surface area (Å²) in [6.07, 6.45) is 2.67. The molecule has 0 atom stereocenters. The maximum Gasteiger partial charge on any atom is 0.292 e. The van der Waals surface area contributed by atoms with Crippen LogP contribution in [0.25, 0.3) is 11.1 Å². The van der Waals surface area contributed by atoms with Crippen molar-refractivity contribution in [3.05, 3.63) is 54.1 Å². The summed E-state index contributed by atoms with van der Waals surface area (Å²) in [5.41, 5.74) is 3.70. The molecule has 2 aromatic rings. The van der Waals surface area contributed by atoms with Gasteiger partial charge in [0.05, 0.1) is 0 Å². The van der Waals surface area contributed by atoms with Gasteiger partial charge in [0.15, 0.2) is 0 Å². The third-order valence-corrected chi connectivity index (χ3v) is 2.73. The highest BCUT2D eigenvalue weighted by Gasteiger charge is 2.03. The third-order valence-electron chi connectivity index (χ3n) is 2.73. The number of hydrogen-bond donors (Lipinski definition) is 0. The van der Waals surface area contributed by atoms with E-state index in [1.807, 2.05) is 30.3 Å². The third kappa shape index (κ3) is 2.46. The van der Waals surface area contributed by atoms with Crippen molar-refractivity contribution >= 4 is 0 Å². The molecule has 0 aliphatic heterocycles. The van der Waals surface area contributed by atoms with Crippen LogP contribution < -0.4 is 4.74 Å². The molecule has 0 saturated heterocycles. The average Bonchev–Trinajstić information content (AvgIpc) is 2.40. The molecule has 0 aromatic heterocycles. The van der Waals surface area contributed by atoms with E-state index in [0.717, 1.165) is 12.0 Å². The van der Waals surface area contributed by atoms with Crippen molar-refractivity contribution in [2.24, 2.45) is 0 Å². The molecule has 0 unspecified atom stereocenters. The van der Waals surface area contributed by atoms with E-state index in [-0.39, 0.29) is 0 Å². The smallest absolute Gasteiger partial charge is 0.292 e. The first-order chi connectivity index (χ1) is 8.35. The Kier molecular flexibility index (Phi) is 3.42. The van der Waals surface area contributed by atoms with Gasteiger partial charge in [-0.15, -0.1) is 5.26 Å². The highest BCUT2D eigenvalue weighted by Crippen LogP contribution is 2.25. The molecule has 0 aliphatic carbocycles. The molecule has 2 aromatic carbocycles. The molecule has 0 N–H and O–H groups in total. The first-order valence-corrected chi connectivity index (χ1v) is 5.59. The van der Waals surface area contributed by atoms with Gasteiger partial charge in [-0.1, -0.05) is 43.3 Å². The Morgan fingerprint density at radius 3 is 2.41 bits per heavy atom. The van der Waals surface area contributed by atoms with E-state index >= 15 is 0 Å². The Morgan fingerprint density at radius 1 is 1.06 bits per heavy atom. The minimum absolute atomic E-state index is 0.574. The minimum Gasteiger partial charge on any atom is -0.388 e. The molecule has 2 heteroatoms. The summed E-state index contributed by atoms with van der Waals surface area (Å²) < 4.78 is 4.76. The molecule has 2 nitrogen and oxygen atoms in total. The van der Waals surface area contributed by atoms with Crippen LogP contribution in [-0.2, 0) is 6.42 Å². The number of nitriles is 1. The molecule has 2 rings (SSSR count). The Hall–Kier alpha value is -2.27. The van der Waals surface area contributed by atoms with Crippen LogP contribution in [0.2, 0.25) is 0 Å². The highest BCUT2D eigenvalue weighted by atomic mass is 16.5. The van der Waals surface area contributed by atoms with E-state index in [0.29, 0.717) is 5.75 Å². The second kappa shape index (κ2) is 5.18. The zero-order valence-electron chi connectivity index (χ0n) is 9.68. The molecule has 0 aliphatic rings. The van der Waals surface area contributed by atoms with E-state index in [4.69, 9.17) is 10.00 Å². The molecule has 0 radical (unpaired) electrons. The summed E-state index contributed by atoms with van der Waals surface area (Å²) in [5, 5.41) is 8.42. The zero-order chi connectivity index (χ0) is 12.1. The average molecular weight is 223 g/mol. The van der Waals surface area contributed by atoms with Gasteiger partial charge in [-0.2, -0.15) is 0 Å².